The van der Waals surface area contributed by atoms with Crippen molar-refractivity contribution in [3.8, 4) is 17.3 Å². The summed E-state index contributed by atoms with van der Waals surface area (Å²) in [5.74, 6) is 0.599. The molecule has 0 unspecified atom stereocenters. The molecule has 0 aliphatic carbocycles. The average molecular weight is 430 g/mol. The van der Waals surface area contributed by atoms with E-state index in [2.05, 4.69) is 34.2 Å². The Morgan fingerprint density at radius 2 is 1.75 bits per heavy atom. The molecule has 1 fully saturated rings. The maximum absolute atomic E-state index is 12.3. The Kier molecular flexibility index (Phi) is 5.81. The van der Waals surface area contributed by atoms with Crippen molar-refractivity contribution < 1.29 is 9.63 Å². The minimum absolute atomic E-state index is 0.0926. The Labute approximate surface area is 188 Å². The van der Waals surface area contributed by atoms with Crippen molar-refractivity contribution in [3.63, 3.8) is 0 Å². The molecule has 7 nitrogen and oxygen atoms in total. The first-order valence-corrected chi connectivity index (χ1v) is 10.8. The zero-order valence-corrected chi connectivity index (χ0v) is 18.9. The van der Waals surface area contributed by atoms with E-state index in [1.54, 1.807) is 17.2 Å². The van der Waals surface area contributed by atoms with Crippen molar-refractivity contribution in [1.29, 1.82) is 5.26 Å². The lowest BCUT2D eigenvalue weighted by Crippen LogP contribution is -2.53. The molecule has 3 aromatic rings. The maximum atomic E-state index is 12.3. The third-order valence-corrected chi connectivity index (χ3v) is 5.64. The number of fused-ring (bicyclic) bond motifs is 1. The van der Waals surface area contributed by atoms with Crippen LogP contribution in [-0.4, -0.2) is 46.9 Å². The van der Waals surface area contributed by atoms with E-state index in [1.807, 2.05) is 51.1 Å². The highest BCUT2D eigenvalue weighted by Gasteiger charge is 2.31. The molecular weight excluding hydrogens is 402 g/mol. The summed E-state index contributed by atoms with van der Waals surface area (Å²) < 4.78 is 0. The molecule has 1 aliphatic rings. The number of carbonyl (C=O) groups excluding carboxylic acids is 1. The van der Waals surface area contributed by atoms with Gasteiger partial charge in [0.15, 0.2) is 5.82 Å². The van der Waals surface area contributed by atoms with Crippen LogP contribution in [0.3, 0.4) is 0 Å². The van der Waals surface area contributed by atoms with E-state index in [0.717, 1.165) is 27.8 Å². The van der Waals surface area contributed by atoms with Crippen molar-refractivity contribution in [2.45, 2.75) is 33.7 Å². The third-order valence-electron chi connectivity index (χ3n) is 5.64. The molecule has 0 bridgehead atoms. The first kappa shape index (κ1) is 21.7. The number of carbonyl (C=O) groups is 1. The first-order valence-electron chi connectivity index (χ1n) is 10.8. The molecule has 164 valence electrons. The molecule has 4 rings (SSSR count). The molecule has 1 aliphatic heterocycles. The molecule has 0 spiro atoms. The van der Waals surface area contributed by atoms with E-state index in [-0.39, 0.29) is 12.0 Å². The minimum Gasteiger partial charge on any atom is -0.367 e. The Hall–Kier alpha value is -3.50. The van der Waals surface area contributed by atoms with Crippen LogP contribution in [0.1, 0.15) is 33.3 Å². The van der Waals surface area contributed by atoms with Crippen molar-refractivity contribution in [2.24, 2.45) is 5.41 Å². The summed E-state index contributed by atoms with van der Waals surface area (Å²) in [4.78, 5) is 20.1. The van der Waals surface area contributed by atoms with Gasteiger partial charge in [0.1, 0.15) is 5.69 Å². The summed E-state index contributed by atoms with van der Waals surface area (Å²) in [6, 6.07) is 17.7. The van der Waals surface area contributed by atoms with Gasteiger partial charge in [-0.2, -0.15) is 5.26 Å². The fourth-order valence-corrected chi connectivity index (χ4v) is 3.79. The summed E-state index contributed by atoms with van der Waals surface area (Å²) in [5.41, 5.74) is 1.79. The number of piperazine rings is 1. The number of nitrogens with zero attached hydrogens (tertiary/aromatic N) is 5. The van der Waals surface area contributed by atoms with E-state index in [9.17, 15) is 4.79 Å². The van der Waals surface area contributed by atoms with Gasteiger partial charge in [-0.3, -0.25) is 0 Å². The quantitative estimate of drug-likeness (QED) is 0.617. The Morgan fingerprint density at radius 3 is 2.38 bits per heavy atom. The number of hydrogen-bond acceptors (Lipinski definition) is 7. The Balaban J connectivity index is 1.62. The number of aromatic nitrogens is 2. The monoisotopic (exact) mass is 429 g/mol. The lowest BCUT2D eigenvalue weighted by Gasteiger charge is -2.40. The van der Waals surface area contributed by atoms with Crippen LogP contribution in [-0.2, 0) is 9.63 Å². The smallest absolute Gasteiger partial charge is 0.330 e. The van der Waals surface area contributed by atoms with Gasteiger partial charge >= 0.3 is 5.97 Å². The van der Waals surface area contributed by atoms with E-state index in [0.29, 0.717) is 25.2 Å². The van der Waals surface area contributed by atoms with Gasteiger partial charge in [0.2, 0.25) is 0 Å². The SMILES string of the molecule is C[C@H]1CN(OC(=O)C(C)(C)C)CCN1c1nnc(-c2ccc(C#N)cc2)c2ccccc12. The van der Waals surface area contributed by atoms with Crippen LogP contribution in [0.15, 0.2) is 48.5 Å². The van der Waals surface area contributed by atoms with Crippen LogP contribution in [0.25, 0.3) is 22.0 Å². The number of benzene rings is 2. The second-order valence-electron chi connectivity index (χ2n) is 9.17. The molecule has 1 atom stereocenters. The highest BCUT2D eigenvalue weighted by atomic mass is 16.7. The molecule has 0 radical (unpaired) electrons. The van der Waals surface area contributed by atoms with Gasteiger partial charge in [-0.15, -0.1) is 15.3 Å². The molecule has 0 saturated carbocycles. The van der Waals surface area contributed by atoms with Gasteiger partial charge in [-0.05, 0) is 39.8 Å². The second-order valence-corrected chi connectivity index (χ2v) is 9.17. The Morgan fingerprint density at radius 1 is 1.06 bits per heavy atom. The molecule has 0 N–H and O–H groups in total. The largest absolute Gasteiger partial charge is 0.367 e. The standard InChI is InChI=1S/C25H27N5O2/c1-17-16-29(32-24(31)25(2,3)4)13-14-30(17)23-21-8-6-5-7-20(21)22(27-28-23)19-11-9-18(15-26)10-12-19/h5-12,17H,13-14,16H2,1-4H3/t17-/m0/s1. The highest BCUT2D eigenvalue weighted by Crippen LogP contribution is 2.33. The summed E-state index contributed by atoms with van der Waals surface area (Å²) >= 11 is 0. The van der Waals surface area contributed by atoms with Crippen LogP contribution in [0.4, 0.5) is 5.82 Å². The predicted octanol–water partition coefficient (Wildman–Crippen LogP) is 4.18. The van der Waals surface area contributed by atoms with Crippen LogP contribution in [0, 0.1) is 16.7 Å². The fourth-order valence-electron chi connectivity index (χ4n) is 3.79. The Bertz CT molecular complexity index is 1180. The van der Waals surface area contributed by atoms with E-state index < -0.39 is 5.41 Å². The van der Waals surface area contributed by atoms with Crippen molar-refractivity contribution >= 4 is 22.6 Å². The zero-order chi connectivity index (χ0) is 22.9. The average Bonchev–Trinajstić information content (AvgIpc) is 2.78. The van der Waals surface area contributed by atoms with E-state index in [4.69, 9.17) is 10.1 Å². The first-order chi connectivity index (χ1) is 15.3. The lowest BCUT2D eigenvalue weighted by molar-refractivity contribution is -0.203. The van der Waals surface area contributed by atoms with Crippen molar-refractivity contribution in [2.75, 3.05) is 24.5 Å². The topological polar surface area (TPSA) is 82.3 Å². The normalized spacial score (nSPS) is 17.2. The van der Waals surface area contributed by atoms with Gasteiger partial charge in [0, 0.05) is 28.9 Å². The molecule has 7 heteroatoms. The highest BCUT2D eigenvalue weighted by molar-refractivity contribution is 6.00. The van der Waals surface area contributed by atoms with Crippen LogP contribution >= 0.6 is 0 Å². The van der Waals surface area contributed by atoms with Crippen molar-refractivity contribution in [1.82, 2.24) is 15.3 Å². The molecule has 1 saturated heterocycles. The number of nitriles is 1. The number of rotatable bonds is 3. The van der Waals surface area contributed by atoms with Gasteiger partial charge < -0.3 is 9.74 Å². The lowest BCUT2D eigenvalue weighted by atomic mass is 9.98. The fraction of sp³-hybridized carbons (Fsp3) is 0.360. The summed E-state index contributed by atoms with van der Waals surface area (Å²) in [7, 11) is 0. The molecule has 2 aromatic carbocycles. The van der Waals surface area contributed by atoms with E-state index >= 15 is 0 Å². The molecule has 0 amide bonds. The van der Waals surface area contributed by atoms with Gasteiger partial charge in [0.05, 0.1) is 30.1 Å². The predicted molar refractivity (Wildman–Crippen MR) is 124 cm³/mol. The molecule has 2 heterocycles. The number of hydroxylamine groups is 2. The van der Waals surface area contributed by atoms with Crippen LogP contribution in [0.5, 0.6) is 0 Å². The van der Waals surface area contributed by atoms with Gasteiger partial charge in [-0.1, -0.05) is 36.4 Å². The minimum atomic E-state index is -0.538. The van der Waals surface area contributed by atoms with Crippen molar-refractivity contribution in [3.05, 3.63) is 54.1 Å². The molecule has 32 heavy (non-hydrogen) atoms. The third kappa shape index (κ3) is 4.27. The zero-order valence-electron chi connectivity index (χ0n) is 18.9. The van der Waals surface area contributed by atoms with Crippen LogP contribution in [0.2, 0.25) is 0 Å². The maximum Gasteiger partial charge on any atom is 0.330 e. The molecular formula is C25H27N5O2. The molecule has 1 aromatic heterocycles. The number of anilines is 1. The summed E-state index contributed by atoms with van der Waals surface area (Å²) in [6.07, 6.45) is 0. The number of hydrogen-bond donors (Lipinski definition) is 0. The van der Waals surface area contributed by atoms with E-state index in [1.165, 1.54) is 0 Å². The summed E-state index contributed by atoms with van der Waals surface area (Å²) in [5, 5.41) is 22.0. The van der Waals surface area contributed by atoms with Gasteiger partial charge in [0.25, 0.3) is 0 Å². The summed E-state index contributed by atoms with van der Waals surface area (Å²) in [6.45, 7) is 9.52. The second kappa shape index (κ2) is 8.56. The van der Waals surface area contributed by atoms with Gasteiger partial charge in [-0.25, -0.2) is 4.79 Å². The van der Waals surface area contributed by atoms with Crippen LogP contribution < -0.4 is 4.90 Å².